The van der Waals surface area contributed by atoms with Crippen molar-refractivity contribution in [3.8, 4) is 0 Å². The Kier molecular flexibility index (Phi) is 9.19. The van der Waals surface area contributed by atoms with E-state index in [2.05, 4.69) is 23.8 Å². The molecule has 1 atom stereocenters. The molecule has 0 saturated carbocycles. The van der Waals surface area contributed by atoms with Crippen LogP contribution in [0.2, 0.25) is 0 Å². The molecule has 4 heteroatoms. The van der Waals surface area contributed by atoms with Crippen molar-refractivity contribution in [2.75, 3.05) is 26.4 Å². The summed E-state index contributed by atoms with van der Waals surface area (Å²) in [5.41, 5.74) is 0. The first-order valence-electron chi connectivity index (χ1n) is 5.14. The second-order valence-electron chi connectivity index (χ2n) is 3.39. The van der Waals surface area contributed by atoms with Crippen molar-refractivity contribution in [3.05, 3.63) is 0 Å². The average Bonchev–Trinajstić information content (AvgIpc) is 2.18. The van der Waals surface area contributed by atoms with Crippen LogP contribution in [-0.4, -0.2) is 37.6 Å². The molecule has 0 aromatic carbocycles. The third kappa shape index (κ3) is 8.38. The highest BCUT2D eigenvalue weighted by Crippen LogP contribution is 2.07. The molecule has 0 aliphatic heterocycles. The lowest BCUT2D eigenvalue weighted by atomic mass is 10.3. The van der Waals surface area contributed by atoms with Gasteiger partial charge in [-0.3, -0.25) is 4.79 Å². The molecule has 0 radical (unpaired) electrons. The van der Waals surface area contributed by atoms with Crippen molar-refractivity contribution in [1.29, 1.82) is 0 Å². The number of amides is 1. The molecule has 0 heterocycles. The second-order valence-corrected chi connectivity index (χ2v) is 4.67. The minimum absolute atomic E-state index is 0.175. The number of hydrogen-bond acceptors (Lipinski definition) is 3. The Labute approximate surface area is 91.4 Å². The first-order valence-corrected chi connectivity index (χ1v) is 6.43. The fourth-order valence-corrected chi connectivity index (χ4v) is 1.40. The Morgan fingerprint density at radius 3 is 2.71 bits per heavy atom. The summed E-state index contributed by atoms with van der Waals surface area (Å²) in [6, 6.07) is 0. The summed E-state index contributed by atoms with van der Waals surface area (Å²) in [7, 11) is 1.90. The molecule has 0 aliphatic carbocycles. The van der Waals surface area contributed by atoms with Crippen molar-refractivity contribution in [2.45, 2.75) is 31.4 Å². The van der Waals surface area contributed by atoms with Gasteiger partial charge in [0, 0.05) is 18.2 Å². The molecule has 0 rings (SSSR count). The van der Waals surface area contributed by atoms with Gasteiger partial charge in [0.2, 0.25) is 5.91 Å². The molecule has 0 aliphatic rings. The van der Waals surface area contributed by atoms with Crippen LogP contribution in [0.1, 0.15) is 26.2 Å². The summed E-state index contributed by atoms with van der Waals surface area (Å²) in [4.78, 5) is 11.2. The molecule has 0 fully saturated rings. The fourth-order valence-electron chi connectivity index (χ4n) is 1.05. The van der Waals surface area contributed by atoms with Crippen LogP contribution >= 0.6 is 11.8 Å². The number of carbonyl (C=O) groups is 1. The van der Waals surface area contributed by atoms with Crippen LogP contribution in [0.5, 0.6) is 0 Å². The van der Waals surface area contributed by atoms with Gasteiger partial charge in [0.1, 0.15) is 0 Å². The first-order chi connectivity index (χ1) is 6.70. The van der Waals surface area contributed by atoms with Gasteiger partial charge in [0.15, 0.2) is 0 Å². The van der Waals surface area contributed by atoms with Gasteiger partial charge in [0.25, 0.3) is 0 Å². The molecule has 1 amide bonds. The highest BCUT2D eigenvalue weighted by molar-refractivity contribution is 7.99. The minimum Gasteiger partial charge on any atom is -0.356 e. The molecule has 0 aromatic rings. The van der Waals surface area contributed by atoms with E-state index in [0.717, 1.165) is 25.9 Å². The summed E-state index contributed by atoms with van der Waals surface area (Å²) in [6.45, 7) is 3.90. The third-order valence-electron chi connectivity index (χ3n) is 2.11. The zero-order valence-electron chi connectivity index (χ0n) is 9.43. The van der Waals surface area contributed by atoms with Crippen LogP contribution in [0.3, 0.4) is 0 Å². The summed E-state index contributed by atoms with van der Waals surface area (Å²) < 4.78 is 0. The van der Waals surface area contributed by atoms with Crippen molar-refractivity contribution >= 4 is 17.7 Å². The van der Waals surface area contributed by atoms with E-state index in [1.807, 2.05) is 18.8 Å². The maximum Gasteiger partial charge on any atom is 0.220 e. The zero-order valence-corrected chi connectivity index (χ0v) is 10.2. The minimum atomic E-state index is 0.175. The highest BCUT2D eigenvalue weighted by atomic mass is 32.2. The molecule has 0 saturated heterocycles. The zero-order chi connectivity index (χ0) is 10.8. The van der Waals surface area contributed by atoms with Gasteiger partial charge in [-0.05, 0) is 32.7 Å². The van der Waals surface area contributed by atoms with E-state index in [1.165, 1.54) is 0 Å². The van der Waals surface area contributed by atoms with Crippen LogP contribution in [0, 0.1) is 0 Å². The van der Waals surface area contributed by atoms with E-state index in [1.54, 1.807) is 0 Å². The number of thioether (sulfide) groups is 1. The van der Waals surface area contributed by atoms with Gasteiger partial charge < -0.3 is 10.6 Å². The second kappa shape index (κ2) is 9.34. The first kappa shape index (κ1) is 13.8. The summed E-state index contributed by atoms with van der Waals surface area (Å²) in [5, 5.41) is 6.58. The SMILES string of the molecule is CNCCCC(=O)NCCC(C)SC. The van der Waals surface area contributed by atoms with Crippen LogP contribution in [0.4, 0.5) is 0 Å². The molecule has 0 aromatic heterocycles. The van der Waals surface area contributed by atoms with E-state index in [9.17, 15) is 4.79 Å². The van der Waals surface area contributed by atoms with Crippen LogP contribution in [0.15, 0.2) is 0 Å². The molecular weight excluding hydrogens is 196 g/mol. The van der Waals surface area contributed by atoms with Gasteiger partial charge in [-0.25, -0.2) is 0 Å². The number of hydrogen-bond donors (Lipinski definition) is 2. The predicted molar refractivity (Wildman–Crippen MR) is 63.8 cm³/mol. The Morgan fingerprint density at radius 1 is 1.43 bits per heavy atom. The Balaban J connectivity index is 3.26. The maximum atomic E-state index is 11.2. The van der Waals surface area contributed by atoms with Gasteiger partial charge in [-0.2, -0.15) is 11.8 Å². The Hall–Kier alpha value is -0.220. The lowest BCUT2D eigenvalue weighted by Gasteiger charge is -2.08. The normalized spacial score (nSPS) is 12.5. The fraction of sp³-hybridized carbons (Fsp3) is 0.900. The van der Waals surface area contributed by atoms with E-state index in [4.69, 9.17) is 0 Å². The summed E-state index contributed by atoms with van der Waals surface area (Å²) >= 11 is 1.84. The molecule has 0 bridgehead atoms. The molecule has 2 N–H and O–H groups in total. The van der Waals surface area contributed by atoms with E-state index in [-0.39, 0.29) is 5.91 Å². The van der Waals surface area contributed by atoms with Gasteiger partial charge in [-0.15, -0.1) is 0 Å². The van der Waals surface area contributed by atoms with Crippen molar-refractivity contribution in [2.24, 2.45) is 0 Å². The Morgan fingerprint density at radius 2 is 2.14 bits per heavy atom. The maximum absolute atomic E-state index is 11.2. The lowest BCUT2D eigenvalue weighted by Crippen LogP contribution is -2.26. The smallest absolute Gasteiger partial charge is 0.220 e. The molecule has 0 spiro atoms. The standard InChI is InChI=1S/C10H22N2OS/c1-9(14-3)6-8-12-10(13)5-4-7-11-2/h9,11H,4-8H2,1-3H3,(H,12,13). The number of carbonyl (C=O) groups excluding carboxylic acids is 1. The van der Waals surface area contributed by atoms with Gasteiger partial charge in [0.05, 0.1) is 0 Å². The lowest BCUT2D eigenvalue weighted by molar-refractivity contribution is -0.121. The van der Waals surface area contributed by atoms with Crippen LogP contribution in [0.25, 0.3) is 0 Å². The van der Waals surface area contributed by atoms with Crippen molar-refractivity contribution in [3.63, 3.8) is 0 Å². The monoisotopic (exact) mass is 218 g/mol. The van der Waals surface area contributed by atoms with E-state index < -0.39 is 0 Å². The van der Waals surface area contributed by atoms with Crippen molar-refractivity contribution < 1.29 is 4.79 Å². The third-order valence-corrected chi connectivity index (χ3v) is 3.15. The topological polar surface area (TPSA) is 41.1 Å². The number of nitrogens with one attached hydrogen (secondary N) is 2. The largest absolute Gasteiger partial charge is 0.356 e. The average molecular weight is 218 g/mol. The highest BCUT2D eigenvalue weighted by Gasteiger charge is 2.02. The van der Waals surface area contributed by atoms with E-state index >= 15 is 0 Å². The molecule has 3 nitrogen and oxygen atoms in total. The van der Waals surface area contributed by atoms with Gasteiger partial charge >= 0.3 is 0 Å². The van der Waals surface area contributed by atoms with Crippen LogP contribution < -0.4 is 10.6 Å². The van der Waals surface area contributed by atoms with E-state index in [0.29, 0.717) is 11.7 Å². The number of rotatable bonds is 8. The molecule has 14 heavy (non-hydrogen) atoms. The quantitative estimate of drug-likeness (QED) is 0.602. The summed E-state index contributed by atoms with van der Waals surface area (Å²) in [6.07, 6.45) is 4.70. The van der Waals surface area contributed by atoms with Crippen molar-refractivity contribution in [1.82, 2.24) is 10.6 Å². The van der Waals surface area contributed by atoms with Gasteiger partial charge in [-0.1, -0.05) is 6.92 Å². The molecule has 1 unspecified atom stereocenters. The summed E-state index contributed by atoms with van der Waals surface area (Å²) in [5.74, 6) is 0.175. The molecule has 84 valence electrons. The predicted octanol–water partition coefficient (Wildman–Crippen LogP) is 1.24. The van der Waals surface area contributed by atoms with Crippen LogP contribution in [-0.2, 0) is 4.79 Å². The Bertz CT molecular complexity index is 153. The molecular formula is C10H22N2OS.